The largest absolute Gasteiger partial charge is 0.327 e. The van der Waals surface area contributed by atoms with Crippen LogP contribution in [-0.4, -0.2) is 16.3 Å². The maximum absolute atomic E-state index is 9.33. The average molecular weight is 262 g/mol. The Kier molecular flexibility index (Phi) is 3.92. The minimum absolute atomic E-state index is 0.461. The fourth-order valence-electron chi connectivity index (χ4n) is 1.92. The minimum Gasteiger partial charge on any atom is -0.327 e. The summed E-state index contributed by atoms with van der Waals surface area (Å²) in [6.45, 7) is 7.20. The van der Waals surface area contributed by atoms with Gasteiger partial charge in [-0.3, -0.25) is 4.99 Å². The monoisotopic (exact) mass is 262 g/mol. The summed E-state index contributed by atoms with van der Waals surface area (Å²) in [6, 6.07) is 9.92. The highest BCUT2D eigenvalue weighted by Crippen LogP contribution is 2.20. The Labute approximate surface area is 117 Å². The summed E-state index contributed by atoms with van der Waals surface area (Å²) in [6.07, 6.45) is 4.90. The fraction of sp³-hybridized carbons (Fsp3) is 0.0625. The maximum atomic E-state index is 9.33. The molecule has 0 fully saturated rings. The molecule has 0 saturated heterocycles. The number of fused-ring (bicyclic) bond motifs is 1. The molecule has 4 nitrogen and oxygen atoms in total. The lowest BCUT2D eigenvalue weighted by atomic mass is 10.1. The molecule has 4 heteroatoms. The van der Waals surface area contributed by atoms with Gasteiger partial charge in [0.05, 0.1) is 16.6 Å². The predicted octanol–water partition coefficient (Wildman–Crippen LogP) is 3.25. The van der Waals surface area contributed by atoms with Crippen molar-refractivity contribution in [3.8, 4) is 6.07 Å². The second-order valence-electron chi connectivity index (χ2n) is 4.23. The fourth-order valence-corrected chi connectivity index (χ4v) is 1.92. The number of allylic oxidation sites excluding steroid dienone is 4. The first kappa shape index (κ1) is 13.5. The van der Waals surface area contributed by atoms with Gasteiger partial charge in [-0.25, -0.2) is 4.98 Å². The molecule has 0 aliphatic rings. The van der Waals surface area contributed by atoms with Crippen molar-refractivity contribution in [3.63, 3.8) is 0 Å². The van der Waals surface area contributed by atoms with Crippen LogP contribution in [0.3, 0.4) is 0 Å². The normalized spacial score (nSPS) is 11.7. The third-order valence-electron chi connectivity index (χ3n) is 2.87. The Bertz CT molecular complexity index is 769. The van der Waals surface area contributed by atoms with Crippen LogP contribution in [0.15, 0.2) is 59.8 Å². The molecule has 0 aliphatic heterocycles. The number of benzene rings is 1. The van der Waals surface area contributed by atoms with E-state index < -0.39 is 0 Å². The van der Waals surface area contributed by atoms with Crippen LogP contribution in [0.4, 0.5) is 0 Å². The Morgan fingerprint density at radius 3 is 2.85 bits per heavy atom. The molecule has 20 heavy (non-hydrogen) atoms. The van der Waals surface area contributed by atoms with Crippen LogP contribution in [-0.2, 0) is 7.05 Å². The topological polar surface area (TPSA) is 54.0 Å². The van der Waals surface area contributed by atoms with Gasteiger partial charge in [-0.15, -0.1) is 0 Å². The van der Waals surface area contributed by atoms with Crippen LogP contribution in [0.25, 0.3) is 16.6 Å². The van der Waals surface area contributed by atoms with Crippen LogP contribution < -0.4 is 0 Å². The van der Waals surface area contributed by atoms with Gasteiger partial charge >= 0.3 is 0 Å². The number of aliphatic imine (C=N–C) groups is 1. The molecule has 1 aromatic carbocycles. The number of hydrogen-bond acceptors (Lipinski definition) is 3. The molecule has 0 atom stereocenters. The van der Waals surface area contributed by atoms with Crippen molar-refractivity contribution in [1.29, 1.82) is 5.26 Å². The van der Waals surface area contributed by atoms with Gasteiger partial charge in [0, 0.05) is 13.2 Å². The molecule has 1 heterocycles. The Balaban J connectivity index is 2.50. The predicted molar refractivity (Wildman–Crippen MR) is 82.1 cm³/mol. The molecule has 2 rings (SSSR count). The molecule has 2 aromatic rings. The highest BCUT2D eigenvalue weighted by atomic mass is 15.1. The zero-order valence-corrected chi connectivity index (χ0v) is 11.2. The molecule has 0 aliphatic carbocycles. The van der Waals surface area contributed by atoms with Crippen LogP contribution >= 0.6 is 0 Å². The summed E-state index contributed by atoms with van der Waals surface area (Å²) < 4.78 is 1.90. The number of imidazole rings is 1. The second kappa shape index (κ2) is 5.81. The number of nitrogens with zero attached hydrogens (tertiary/aromatic N) is 4. The third kappa shape index (κ3) is 2.57. The lowest BCUT2D eigenvalue weighted by Crippen LogP contribution is -1.96. The summed E-state index contributed by atoms with van der Waals surface area (Å²) in [5.41, 5.74) is 2.97. The standard InChI is InChI=1S/C16H14N4/c1-12(8-9-18-2)10-13(11-17)16-19-14-6-4-5-7-15(14)20(16)3/h4-10H,1-2H2,3H3/b9-8-,13-10+. The van der Waals surface area contributed by atoms with Gasteiger partial charge in [0.25, 0.3) is 0 Å². The van der Waals surface area contributed by atoms with Crippen molar-refractivity contribution in [2.45, 2.75) is 0 Å². The molecule has 0 amide bonds. The van der Waals surface area contributed by atoms with Crippen molar-refractivity contribution in [3.05, 3.63) is 60.6 Å². The van der Waals surface area contributed by atoms with Crippen molar-refractivity contribution >= 4 is 23.3 Å². The first-order valence-electron chi connectivity index (χ1n) is 6.02. The van der Waals surface area contributed by atoms with Gasteiger partial charge in [0.15, 0.2) is 5.82 Å². The Morgan fingerprint density at radius 1 is 1.45 bits per heavy atom. The quantitative estimate of drug-likeness (QED) is 0.482. The summed E-state index contributed by atoms with van der Waals surface area (Å²) in [5.74, 6) is 0.620. The lowest BCUT2D eigenvalue weighted by molar-refractivity contribution is 0.924. The van der Waals surface area contributed by atoms with E-state index in [0.717, 1.165) is 11.0 Å². The molecule has 0 unspecified atom stereocenters. The number of hydrogen-bond donors (Lipinski definition) is 0. The molecular weight excluding hydrogens is 248 g/mol. The summed E-state index contributed by atoms with van der Waals surface area (Å²) in [4.78, 5) is 8.10. The summed E-state index contributed by atoms with van der Waals surface area (Å²) >= 11 is 0. The number of nitriles is 1. The molecular formula is C16H14N4. The number of aryl methyl sites for hydroxylation is 1. The second-order valence-corrected chi connectivity index (χ2v) is 4.23. The van der Waals surface area contributed by atoms with E-state index in [2.05, 4.69) is 29.3 Å². The molecule has 98 valence electrons. The van der Waals surface area contributed by atoms with E-state index in [0.29, 0.717) is 17.0 Å². The van der Waals surface area contributed by atoms with Crippen LogP contribution in [0, 0.1) is 11.3 Å². The van der Waals surface area contributed by atoms with E-state index >= 15 is 0 Å². The number of para-hydroxylation sites is 2. The summed E-state index contributed by atoms with van der Waals surface area (Å²) in [5, 5.41) is 9.33. The summed E-state index contributed by atoms with van der Waals surface area (Å²) in [7, 11) is 1.89. The first-order valence-corrected chi connectivity index (χ1v) is 6.02. The van der Waals surface area contributed by atoms with E-state index in [-0.39, 0.29) is 0 Å². The molecule has 0 saturated carbocycles. The van der Waals surface area contributed by atoms with E-state index in [4.69, 9.17) is 0 Å². The first-order chi connectivity index (χ1) is 9.67. The Hall–Kier alpha value is -2.93. The SMILES string of the molecule is C=N/C=C\C(=C)/C=C(\C#N)c1nc2ccccc2n1C. The van der Waals surface area contributed by atoms with Crippen LogP contribution in [0.2, 0.25) is 0 Å². The van der Waals surface area contributed by atoms with E-state index in [1.807, 2.05) is 35.9 Å². The molecule has 0 N–H and O–H groups in total. The van der Waals surface area contributed by atoms with Crippen LogP contribution in [0.1, 0.15) is 5.82 Å². The van der Waals surface area contributed by atoms with Crippen molar-refractivity contribution in [1.82, 2.24) is 9.55 Å². The van der Waals surface area contributed by atoms with Gasteiger partial charge in [0.1, 0.15) is 6.07 Å². The number of aromatic nitrogens is 2. The van der Waals surface area contributed by atoms with Gasteiger partial charge < -0.3 is 4.57 Å². The van der Waals surface area contributed by atoms with Crippen LogP contribution in [0.5, 0.6) is 0 Å². The van der Waals surface area contributed by atoms with E-state index in [1.54, 1.807) is 12.2 Å². The zero-order chi connectivity index (χ0) is 14.5. The smallest absolute Gasteiger partial charge is 0.151 e. The van der Waals surface area contributed by atoms with Crippen molar-refractivity contribution < 1.29 is 0 Å². The van der Waals surface area contributed by atoms with Gasteiger partial charge in [-0.1, -0.05) is 18.7 Å². The van der Waals surface area contributed by atoms with Gasteiger partial charge in [0.2, 0.25) is 0 Å². The van der Waals surface area contributed by atoms with E-state index in [9.17, 15) is 5.26 Å². The van der Waals surface area contributed by atoms with Crippen molar-refractivity contribution in [2.75, 3.05) is 0 Å². The minimum atomic E-state index is 0.461. The van der Waals surface area contributed by atoms with E-state index in [1.165, 1.54) is 6.20 Å². The molecule has 0 bridgehead atoms. The third-order valence-corrected chi connectivity index (χ3v) is 2.87. The highest BCUT2D eigenvalue weighted by molar-refractivity contribution is 5.84. The maximum Gasteiger partial charge on any atom is 0.151 e. The van der Waals surface area contributed by atoms with Gasteiger partial charge in [-0.2, -0.15) is 5.26 Å². The Morgan fingerprint density at radius 2 is 2.20 bits per heavy atom. The highest BCUT2D eigenvalue weighted by Gasteiger charge is 2.11. The average Bonchev–Trinajstić information content (AvgIpc) is 2.80. The lowest BCUT2D eigenvalue weighted by Gasteiger charge is -2.00. The number of rotatable bonds is 4. The molecule has 0 radical (unpaired) electrons. The van der Waals surface area contributed by atoms with Crippen molar-refractivity contribution in [2.24, 2.45) is 12.0 Å². The zero-order valence-electron chi connectivity index (χ0n) is 11.2. The molecule has 0 spiro atoms. The van der Waals surface area contributed by atoms with Gasteiger partial charge in [-0.05, 0) is 36.6 Å². The molecule has 1 aromatic heterocycles.